The molecule has 36 heavy (non-hydrogen) atoms. The number of piperidine rings is 1. The molecule has 0 N–H and O–H groups in total. The van der Waals surface area contributed by atoms with Crippen LogP contribution in [0.5, 0.6) is 0 Å². The predicted octanol–water partition coefficient (Wildman–Crippen LogP) is 6.02. The Morgan fingerprint density at radius 2 is 1.72 bits per heavy atom. The van der Waals surface area contributed by atoms with Crippen molar-refractivity contribution in [2.75, 3.05) is 31.6 Å². The van der Waals surface area contributed by atoms with E-state index in [2.05, 4.69) is 33.7 Å². The lowest BCUT2D eigenvalue weighted by Crippen LogP contribution is -2.43. The van der Waals surface area contributed by atoms with Crippen LogP contribution in [-0.2, 0) is 0 Å². The van der Waals surface area contributed by atoms with Gasteiger partial charge >= 0.3 is 0 Å². The number of aromatic nitrogens is 4. The van der Waals surface area contributed by atoms with Crippen LogP contribution in [0.1, 0.15) is 39.2 Å². The Morgan fingerprint density at radius 1 is 1.03 bits per heavy atom. The van der Waals surface area contributed by atoms with Gasteiger partial charge in [0.1, 0.15) is 23.6 Å². The fourth-order valence-corrected chi connectivity index (χ4v) is 4.80. The highest BCUT2D eigenvalue weighted by Crippen LogP contribution is 2.35. The molecule has 0 bridgehead atoms. The quantitative estimate of drug-likeness (QED) is 0.341. The molecule has 0 atom stereocenters. The molecule has 0 radical (unpaired) electrons. The minimum Gasteiger partial charge on any atom is -0.357 e. The number of rotatable bonds is 5. The Labute approximate surface area is 211 Å². The molecule has 1 aromatic carbocycles. The molecule has 1 aliphatic rings. The van der Waals surface area contributed by atoms with Crippen molar-refractivity contribution < 1.29 is 8.78 Å². The summed E-state index contributed by atoms with van der Waals surface area (Å²) in [7, 11) is 2.07. The summed E-state index contributed by atoms with van der Waals surface area (Å²) in [6, 6.07) is 6.96. The molecule has 0 spiro atoms. The summed E-state index contributed by atoms with van der Waals surface area (Å²) in [5, 5.41) is 0. The van der Waals surface area contributed by atoms with E-state index in [1.54, 1.807) is 30.1 Å². The number of hydrogen-bond donors (Lipinski definition) is 0. The largest absolute Gasteiger partial charge is 0.357 e. The number of hydrogen-bond acceptors (Lipinski definition) is 5. The average molecular weight is 493 g/mol. The molecule has 8 heteroatoms. The third kappa shape index (κ3) is 4.82. The minimum atomic E-state index is -0.625. The molecule has 190 valence electrons. The second kappa shape index (κ2) is 11.1. The van der Waals surface area contributed by atoms with Gasteiger partial charge in [0, 0.05) is 55.9 Å². The van der Waals surface area contributed by atoms with Gasteiger partial charge in [0.25, 0.3) is 0 Å². The van der Waals surface area contributed by atoms with Gasteiger partial charge < -0.3 is 14.4 Å². The first-order valence-electron chi connectivity index (χ1n) is 12.7. The Hall–Kier alpha value is -3.39. The number of halogens is 2. The minimum absolute atomic E-state index is 0.108. The van der Waals surface area contributed by atoms with Crippen LogP contribution in [0, 0.1) is 18.6 Å². The van der Waals surface area contributed by atoms with Gasteiger partial charge in [-0.2, -0.15) is 0 Å². The molecular formula is C28H34F2N6. The van der Waals surface area contributed by atoms with E-state index in [0.29, 0.717) is 22.6 Å². The highest BCUT2D eigenvalue weighted by molar-refractivity contribution is 5.94. The van der Waals surface area contributed by atoms with Crippen molar-refractivity contribution in [3.8, 4) is 16.8 Å². The van der Waals surface area contributed by atoms with E-state index in [4.69, 9.17) is 4.98 Å². The second-order valence-corrected chi connectivity index (χ2v) is 8.88. The van der Waals surface area contributed by atoms with Crippen LogP contribution in [0.15, 0.2) is 49.2 Å². The van der Waals surface area contributed by atoms with E-state index in [0.717, 1.165) is 49.4 Å². The van der Waals surface area contributed by atoms with Crippen molar-refractivity contribution in [1.29, 1.82) is 0 Å². The molecule has 0 aliphatic carbocycles. The first-order chi connectivity index (χ1) is 17.5. The zero-order valence-corrected chi connectivity index (χ0v) is 21.7. The van der Waals surface area contributed by atoms with E-state index >= 15 is 4.39 Å². The van der Waals surface area contributed by atoms with Crippen LogP contribution in [0.25, 0.3) is 27.8 Å². The highest BCUT2D eigenvalue weighted by atomic mass is 19.1. The van der Waals surface area contributed by atoms with Gasteiger partial charge in [-0.15, -0.1) is 0 Å². The lowest BCUT2D eigenvalue weighted by atomic mass is 10.0. The summed E-state index contributed by atoms with van der Waals surface area (Å²) >= 11 is 0. The van der Waals surface area contributed by atoms with Crippen molar-refractivity contribution in [2.24, 2.45) is 0 Å². The Morgan fingerprint density at radius 3 is 2.39 bits per heavy atom. The van der Waals surface area contributed by atoms with Crippen molar-refractivity contribution in [2.45, 2.75) is 46.6 Å². The van der Waals surface area contributed by atoms with Crippen molar-refractivity contribution >= 4 is 16.9 Å². The molecule has 3 aromatic heterocycles. The molecule has 0 amide bonds. The number of benzene rings is 1. The van der Waals surface area contributed by atoms with E-state index in [-0.39, 0.29) is 5.69 Å². The van der Waals surface area contributed by atoms with Gasteiger partial charge in [-0.3, -0.25) is 0 Å². The van der Waals surface area contributed by atoms with Gasteiger partial charge in [0.2, 0.25) is 0 Å². The first kappa shape index (κ1) is 25.7. The Balaban J connectivity index is 0.00000148. The maximum Gasteiger partial charge on any atom is 0.153 e. The maximum absolute atomic E-state index is 15.1. The molecule has 1 aliphatic heterocycles. The molecule has 4 heterocycles. The summed E-state index contributed by atoms with van der Waals surface area (Å²) in [5.41, 5.74) is 3.02. The fraction of sp³-hybridized carbons (Fsp3) is 0.393. The van der Waals surface area contributed by atoms with E-state index < -0.39 is 11.6 Å². The average Bonchev–Trinajstić information content (AvgIpc) is 3.31. The zero-order chi connectivity index (χ0) is 25.8. The summed E-state index contributed by atoms with van der Waals surface area (Å²) in [5.74, 6) is -0.375. The molecule has 1 fully saturated rings. The van der Waals surface area contributed by atoms with Crippen LogP contribution >= 0.6 is 0 Å². The Bertz CT molecular complexity index is 1310. The molecule has 5 rings (SSSR count). The van der Waals surface area contributed by atoms with Gasteiger partial charge in [-0.1, -0.05) is 26.8 Å². The van der Waals surface area contributed by atoms with Gasteiger partial charge in [0.05, 0.1) is 11.0 Å². The smallest absolute Gasteiger partial charge is 0.153 e. The first-order valence-corrected chi connectivity index (χ1v) is 12.7. The molecule has 0 unspecified atom stereocenters. The third-order valence-electron chi connectivity index (χ3n) is 6.92. The van der Waals surface area contributed by atoms with Gasteiger partial charge in [0.15, 0.2) is 5.82 Å². The highest BCUT2D eigenvalue weighted by Gasteiger charge is 2.24. The maximum atomic E-state index is 15.1. The number of aryl methyl sites for hydroxylation is 1. The van der Waals surface area contributed by atoms with Crippen LogP contribution in [-0.4, -0.2) is 57.1 Å². The van der Waals surface area contributed by atoms with Crippen LogP contribution in [0.3, 0.4) is 0 Å². The molecule has 6 nitrogen and oxygen atoms in total. The summed E-state index contributed by atoms with van der Waals surface area (Å²) in [4.78, 5) is 17.9. The van der Waals surface area contributed by atoms with Crippen LogP contribution in [0.2, 0.25) is 0 Å². The molecule has 4 aromatic rings. The number of fused-ring (bicyclic) bond motifs is 1. The summed E-state index contributed by atoms with van der Waals surface area (Å²) in [6.45, 7) is 11.0. The summed E-state index contributed by atoms with van der Waals surface area (Å²) in [6.07, 6.45) is 8.70. The number of pyridine rings is 1. The lowest BCUT2D eigenvalue weighted by Gasteiger charge is -2.36. The van der Waals surface area contributed by atoms with E-state index in [1.807, 2.05) is 26.0 Å². The zero-order valence-electron chi connectivity index (χ0n) is 21.7. The van der Waals surface area contributed by atoms with Crippen molar-refractivity contribution in [3.05, 3.63) is 66.4 Å². The molecule has 1 saturated heterocycles. The monoisotopic (exact) mass is 492 g/mol. The van der Waals surface area contributed by atoms with Gasteiger partial charge in [-0.05, 0) is 50.1 Å². The van der Waals surface area contributed by atoms with E-state index in [1.165, 1.54) is 18.5 Å². The normalized spacial score (nSPS) is 14.5. The number of likely N-dealkylation sites (tertiary alicyclic amines) is 1. The summed E-state index contributed by atoms with van der Waals surface area (Å²) < 4.78 is 31.5. The van der Waals surface area contributed by atoms with Crippen molar-refractivity contribution in [1.82, 2.24) is 24.4 Å². The SMILES string of the molecule is CC.CCN1CCC(N(C)c2ccc3c(n2)c(-c2cncnc2)cn3-c2c(F)ccc(C)c2F)CC1. The van der Waals surface area contributed by atoms with Crippen LogP contribution < -0.4 is 4.90 Å². The van der Waals surface area contributed by atoms with E-state index in [9.17, 15) is 4.39 Å². The standard InChI is InChI=1S/C26H28F2N6.C2H6/c1-4-33-11-9-19(10-12-33)32(3)23-8-7-22-25(31-23)20(18-13-29-16-30-14-18)15-34(22)26-21(27)6-5-17(2)24(26)28;1-2/h5-8,13-16,19H,4,9-12H2,1-3H3;1-2H3. The van der Waals surface area contributed by atoms with Crippen molar-refractivity contribution in [3.63, 3.8) is 0 Å². The third-order valence-corrected chi connectivity index (χ3v) is 6.92. The predicted molar refractivity (Wildman–Crippen MR) is 142 cm³/mol. The molecule has 0 saturated carbocycles. The number of nitrogens with zero attached hydrogens (tertiary/aromatic N) is 6. The molecular weight excluding hydrogens is 458 g/mol. The second-order valence-electron chi connectivity index (χ2n) is 8.88. The topological polar surface area (TPSA) is 50.1 Å². The van der Waals surface area contributed by atoms with Gasteiger partial charge in [-0.25, -0.2) is 23.7 Å². The van der Waals surface area contributed by atoms with Crippen LogP contribution in [0.4, 0.5) is 14.6 Å². The Kier molecular flexibility index (Phi) is 7.94. The lowest BCUT2D eigenvalue weighted by molar-refractivity contribution is 0.220. The fourth-order valence-electron chi connectivity index (χ4n) is 4.80. The number of anilines is 1.